The van der Waals surface area contributed by atoms with E-state index in [0.717, 1.165) is 0 Å². The van der Waals surface area contributed by atoms with Crippen LogP contribution in [0.4, 0.5) is 19.2 Å². The van der Waals surface area contributed by atoms with Crippen LogP contribution in [0, 0.1) is 11.8 Å². The number of amides is 1. The molecule has 1 amide bonds. The van der Waals surface area contributed by atoms with Gasteiger partial charge in [0.1, 0.15) is 11.3 Å². The smallest absolute Gasteiger partial charge is 0.392 e. The first kappa shape index (κ1) is 13.7. The topological polar surface area (TPSA) is 64.4 Å². The van der Waals surface area contributed by atoms with Crippen LogP contribution in [0.5, 0.6) is 5.75 Å². The monoisotopic (exact) mass is 300 g/mol. The highest BCUT2D eigenvalue weighted by Gasteiger charge is 2.59. The standard InChI is InChI=1S/C13H11F3N2O3/c1-20-6-2-3-10-9(4-6)17-12(21-10)18-11(19)7-5-8(7)13(14,15)16/h2-4,7-8H,5H2,1H3,(H,17,18,19)/t7-,8+/m0/s1. The molecule has 8 heteroatoms. The molecule has 0 unspecified atom stereocenters. The highest BCUT2D eigenvalue weighted by atomic mass is 19.4. The number of nitrogens with zero attached hydrogens (tertiary/aromatic N) is 1. The molecule has 1 aromatic carbocycles. The summed E-state index contributed by atoms with van der Waals surface area (Å²) in [6.45, 7) is 0. The van der Waals surface area contributed by atoms with Crippen LogP contribution in [0.15, 0.2) is 22.6 Å². The Morgan fingerprint density at radius 3 is 2.86 bits per heavy atom. The summed E-state index contributed by atoms with van der Waals surface area (Å²) in [5, 5.41) is 2.28. The minimum Gasteiger partial charge on any atom is -0.497 e. The predicted molar refractivity (Wildman–Crippen MR) is 66.8 cm³/mol. The van der Waals surface area contributed by atoms with Crippen LogP contribution >= 0.6 is 0 Å². The Kier molecular flexibility index (Phi) is 3.03. The maximum Gasteiger partial charge on any atom is 0.392 e. The summed E-state index contributed by atoms with van der Waals surface area (Å²) in [4.78, 5) is 15.7. The normalized spacial score (nSPS) is 21.3. The van der Waals surface area contributed by atoms with Crippen molar-refractivity contribution in [2.75, 3.05) is 12.4 Å². The Balaban J connectivity index is 1.72. The summed E-state index contributed by atoms with van der Waals surface area (Å²) in [5.41, 5.74) is 0.863. The summed E-state index contributed by atoms with van der Waals surface area (Å²) in [5.74, 6) is -2.79. The second-order valence-corrected chi connectivity index (χ2v) is 4.83. The third-order valence-corrected chi connectivity index (χ3v) is 3.37. The minimum absolute atomic E-state index is 0.115. The second kappa shape index (κ2) is 4.64. The van der Waals surface area contributed by atoms with Gasteiger partial charge in [0.15, 0.2) is 5.58 Å². The molecular weight excluding hydrogens is 289 g/mol. The molecule has 1 aliphatic rings. The van der Waals surface area contributed by atoms with Gasteiger partial charge < -0.3 is 9.15 Å². The van der Waals surface area contributed by atoms with E-state index in [-0.39, 0.29) is 12.4 Å². The van der Waals surface area contributed by atoms with Crippen molar-refractivity contribution in [3.05, 3.63) is 18.2 Å². The molecule has 1 aliphatic carbocycles. The number of alkyl halides is 3. The highest BCUT2D eigenvalue weighted by molar-refractivity contribution is 5.93. The van der Waals surface area contributed by atoms with Crippen molar-refractivity contribution in [1.29, 1.82) is 0 Å². The van der Waals surface area contributed by atoms with Gasteiger partial charge in [0.25, 0.3) is 0 Å². The van der Waals surface area contributed by atoms with E-state index in [9.17, 15) is 18.0 Å². The molecule has 21 heavy (non-hydrogen) atoms. The number of hydrogen-bond acceptors (Lipinski definition) is 4. The molecule has 0 radical (unpaired) electrons. The third kappa shape index (κ3) is 2.65. The average molecular weight is 300 g/mol. The molecule has 1 fully saturated rings. The molecule has 0 spiro atoms. The zero-order chi connectivity index (χ0) is 15.2. The van der Waals surface area contributed by atoms with Gasteiger partial charge in [0.2, 0.25) is 5.91 Å². The first-order valence-corrected chi connectivity index (χ1v) is 6.20. The number of hydrogen-bond donors (Lipinski definition) is 1. The fourth-order valence-corrected chi connectivity index (χ4v) is 2.13. The largest absolute Gasteiger partial charge is 0.497 e. The number of carbonyl (C=O) groups excluding carboxylic acids is 1. The van der Waals surface area contributed by atoms with E-state index >= 15 is 0 Å². The molecule has 3 rings (SSSR count). The van der Waals surface area contributed by atoms with Crippen molar-refractivity contribution in [1.82, 2.24) is 4.98 Å². The molecule has 2 atom stereocenters. The summed E-state index contributed by atoms with van der Waals surface area (Å²) in [6.07, 6.45) is -4.53. The Morgan fingerprint density at radius 1 is 1.48 bits per heavy atom. The van der Waals surface area contributed by atoms with Crippen molar-refractivity contribution in [3.63, 3.8) is 0 Å². The number of rotatable bonds is 3. The maximum atomic E-state index is 12.4. The lowest BCUT2D eigenvalue weighted by atomic mass is 10.3. The number of ether oxygens (including phenoxy) is 1. The van der Waals surface area contributed by atoms with E-state index in [1.54, 1.807) is 18.2 Å². The Labute approximate surface area is 117 Å². The molecule has 2 aromatic rings. The van der Waals surface area contributed by atoms with Gasteiger partial charge in [-0.15, -0.1) is 0 Å². The van der Waals surface area contributed by atoms with Crippen molar-refractivity contribution in [2.45, 2.75) is 12.6 Å². The number of carbonyl (C=O) groups is 1. The van der Waals surface area contributed by atoms with Crippen LogP contribution in [0.1, 0.15) is 6.42 Å². The second-order valence-electron chi connectivity index (χ2n) is 4.83. The lowest BCUT2D eigenvalue weighted by Crippen LogP contribution is -2.20. The zero-order valence-corrected chi connectivity index (χ0v) is 10.9. The predicted octanol–water partition coefficient (Wildman–Crippen LogP) is 2.97. The average Bonchev–Trinajstić information content (AvgIpc) is 3.13. The number of aromatic nitrogens is 1. The number of benzene rings is 1. The van der Waals surface area contributed by atoms with Crippen molar-refractivity contribution < 1.29 is 27.1 Å². The van der Waals surface area contributed by atoms with Crippen molar-refractivity contribution in [3.8, 4) is 5.75 Å². The Bertz CT molecular complexity index is 696. The van der Waals surface area contributed by atoms with Crippen LogP contribution < -0.4 is 10.1 Å². The van der Waals surface area contributed by atoms with E-state index in [0.29, 0.717) is 16.8 Å². The molecule has 1 aromatic heterocycles. The van der Waals surface area contributed by atoms with E-state index in [4.69, 9.17) is 9.15 Å². The molecule has 5 nitrogen and oxygen atoms in total. The Morgan fingerprint density at radius 2 is 2.24 bits per heavy atom. The number of nitrogens with one attached hydrogen (secondary N) is 1. The van der Waals surface area contributed by atoms with Crippen LogP contribution in [-0.2, 0) is 4.79 Å². The van der Waals surface area contributed by atoms with Gasteiger partial charge in [0.05, 0.1) is 18.9 Å². The van der Waals surface area contributed by atoms with E-state index in [2.05, 4.69) is 10.3 Å². The van der Waals surface area contributed by atoms with Gasteiger partial charge in [-0.3, -0.25) is 10.1 Å². The molecule has 1 N–H and O–H groups in total. The van der Waals surface area contributed by atoms with Gasteiger partial charge in [-0.2, -0.15) is 18.2 Å². The number of fused-ring (bicyclic) bond motifs is 1. The van der Waals surface area contributed by atoms with Gasteiger partial charge in [-0.25, -0.2) is 0 Å². The van der Waals surface area contributed by atoms with Gasteiger partial charge in [0, 0.05) is 6.07 Å². The van der Waals surface area contributed by atoms with E-state index in [1.165, 1.54) is 7.11 Å². The van der Waals surface area contributed by atoms with Crippen LogP contribution in [0.2, 0.25) is 0 Å². The molecule has 112 valence electrons. The first-order valence-electron chi connectivity index (χ1n) is 6.20. The Hall–Kier alpha value is -2.25. The summed E-state index contributed by atoms with van der Waals surface area (Å²) >= 11 is 0. The first-order chi connectivity index (χ1) is 9.88. The lowest BCUT2D eigenvalue weighted by molar-refractivity contribution is -0.153. The van der Waals surface area contributed by atoms with Gasteiger partial charge in [-0.1, -0.05) is 0 Å². The van der Waals surface area contributed by atoms with Gasteiger partial charge in [-0.05, 0) is 18.6 Å². The van der Waals surface area contributed by atoms with Gasteiger partial charge >= 0.3 is 12.2 Å². The summed E-state index contributed by atoms with van der Waals surface area (Å²) < 4.78 is 47.5. The summed E-state index contributed by atoms with van der Waals surface area (Å²) in [7, 11) is 1.49. The molecule has 0 aliphatic heterocycles. The molecule has 0 bridgehead atoms. The van der Waals surface area contributed by atoms with E-state index in [1.807, 2.05) is 0 Å². The number of halogens is 3. The fourth-order valence-electron chi connectivity index (χ4n) is 2.13. The molecule has 1 saturated carbocycles. The lowest BCUT2D eigenvalue weighted by Gasteiger charge is -2.04. The molecule has 1 heterocycles. The SMILES string of the molecule is COc1ccc2oc(NC(=O)[C@H]3C[C@H]3C(F)(F)F)nc2c1. The van der Waals surface area contributed by atoms with Crippen LogP contribution in [-0.4, -0.2) is 24.2 Å². The minimum atomic E-state index is -4.34. The quantitative estimate of drug-likeness (QED) is 0.946. The van der Waals surface area contributed by atoms with Crippen LogP contribution in [0.3, 0.4) is 0 Å². The zero-order valence-electron chi connectivity index (χ0n) is 10.9. The fraction of sp³-hybridized carbons (Fsp3) is 0.385. The van der Waals surface area contributed by atoms with Crippen molar-refractivity contribution >= 4 is 23.0 Å². The van der Waals surface area contributed by atoms with E-state index < -0.39 is 23.9 Å². The maximum absolute atomic E-state index is 12.4. The number of methoxy groups -OCH3 is 1. The number of anilines is 1. The van der Waals surface area contributed by atoms with Crippen molar-refractivity contribution in [2.24, 2.45) is 11.8 Å². The third-order valence-electron chi connectivity index (χ3n) is 3.37. The highest BCUT2D eigenvalue weighted by Crippen LogP contribution is 2.50. The molecular formula is C13H11F3N2O3. The number of oxazole rings is 1. The summed E-state index contributed by atoms with van der Waals surface area (Å²) in [6, 6.07) is 4.74. The van der Waals surface area contributed by atoms with Crippen LogP contribution in [0.25, 0.3) is 11.1 Å². The molecule has 0 saturated heterocycles.